The molecule has 0 aliphatic carbocycles. The first kappa shape index (κ1) is 14.3. The Kier molecular flexibility index (Phi) is 5.68. The van der Waals surface area contributed by atoms with Gasteiger partial charge < -0.3 is 31.3 Å². The zero-order valence-corrected chi connectivity index (χ0v) is 11.0. The number of benzene rings is 1. The van der Waals surface area contributed by atoms with Gasteiger partial charge in [-0.25, -0.2) is 0 Å². The van der Waals surface area contributed by atoms with Crippen molar-refractivity contribution in [3.05, 3.63) is 24.3 Å². The molecule has 3 nitrogen and oxygen atoms in total. The molecule has 0 aliphatic rings. The monoisotopic (exact) mass is 275 g/mol. The van der Waals surface area contributed by atoms with Gasteiger partial charge in [0.25, 0.3) is 0 Å². The maximum Gasteiger partial charge on any atom is 0.137 e. The lowest BCUT2D eigenvalue weighted by Gasteiger charge is -2.23. The van der Waals surface area contributed by atoms with Crippen molar-refractivity contribution < 1.29 is 31.3 Å². The zero-order chi connectivity index (χ0) is 10.6. The molecule has 1 aromatic carbocycles. The molecule has 0 saturated heterocycles. The van der Waals surface area contributed by atoms with E-state index < -0.39 is 0 Å². The van der Waals surface area contributed by atoms with Crippen molar-refractivity contribution in [2.24, 2.45) is 0 Å². The Morgan fingerprint density at radius 2 is 1.67 bits per heavy atom. The molecule has 0 amide bonds. The number of likely N-dealkylation sites (N-methyl/N-ethyl adjacent to an activating group) is 1. The molecular formula is C11H18BrNO2. The fourth-order valence-corrected chi connectivity index (χ4v) is 0.980. The SMILES string of the molecule is C[N+](C)(C)CCOc1ccc(O)cc1.[Br-]. The third-order valence-corrected chi connectivity index (χ3v) is 1.87. The van der Waals surface area contributed by atoms with Crippen molar-refractivity contribution >= 4 is 0 Å². The number of phenolic OH excluding ortho intramolecular Hbond substituents is 1. The highest BCUT2D eigenvalue weighted by atomic mass is 79.9. The minimum Gasteiger partial charge on any atom is -1.00 e. The fourth-order valence-electron chi connectivity index (χ4n) is 0.980. The van der Waals surface area contributed by atoms with Gasteiger partial charge in [-0.3, -0.25) is 0 Å². The molecule has 0 fully saturated rings. The summed E-state index contributed by atoms with van der Waals surface area (Å²) < 4.78 is 6.40. The lowest BCUT2D eigenvalue weighted by molar-refractivity contribution is -0.870. The van der Waals surface area contributed by atoms with Gasteiger partial charge >= 0.3 is 0 Å². The zero-order valence-electron chi connectivity index (χ0n) is 9.40. The topological polar surface area (TPSA) is 29.5 Å². The molecule has 0 aromatic heterocycles. The van der Waals surface area contributed by atoms with Crippen LogP contribution in [0.3, 0.4) is 0 Å². The molecule has 0 bridgehead atoms. The molecule has 0 atom stereocenters. The molecule has 0 aliphatic heterocycles. The summed E-state index contributed by atoms with van der Waals surface area (Å²) in [5, 5.41) is 9.05. The van der Waals surface area contributed by atoms with E-state index in [1.807, 2.05) is 0 Å². The number of aromatic hydroxyl groups is 1. The van der Waals surface area contributed by atoms with Gasteiger partial charge in [-0.15, -0.1) is 0 Å². The summed E-state index contributed by atoms with van der Waals surface area (Å²) in [5.74, 6) is 1.07. The molecule has 0 saturated carbocycles. The normalized spacial score (nSPS) is 10.6. The molecule has 1 rings (SSSR count). The molecule has 4 heteroatoms. The summed E-state index contributed by atoms with van der Waals surface area (Å²) in [6.45, 7) is 1.65. The maximum absolute atomic E-state index is 9.05. The van der Waals surface area contributed by atoms with Crippen LogP contribution in [0.5, 0.6) is 11.5 Å². The van der Waals surface area contributed by atoms with E-state index in [2.05, 4.69) is 21.1 Å². The van der Waals surface area contributed by atoms with Crippen LogP contribution < -0.4 is 21.7 Å². The third kappa shape index (κ3) is 6.36. The highest BCUT2D eigenvalue weighted by Crippen LogP contribution is 2.15. The highest BCUT2D eigenvalue weighted by molar-refractivity contribution is 5.29. The number of hydrogen-bond acceptors (Lipinski definition) is 2. The lowest BCUT2D eigenvalue weighted by Crippen LogP contribution is -3.00. The molecule has 0 radical (unpaired) electrons. The second-order valence-electron chi connectivity index (χ2n) is 4.36. The van der Waals surface area contributed by atoms with Crippen LogP contribution >= 0.6 is 0 Å². The Balaban J connectivity index is 0.00000196. The van der Waals surface area contributed by atoms with Crippen LogP contribution in [0.15, 0.2) is 24.3 Å². The van der Waals surface area contributed by atoms with Crippen LogP contribution in [-0.2, 0) is 0 Å². The summed E-state index contributed by atoms with van der Waals surface area (Å²) in [6.07, 6.45) is 0. The van der Waals surface area contributed by atoms with Crippen LogP contribution in [0.1, 0.15) is 0 Å². The summed E-state index contributed by atoms with van der Waals surface area (Å²) >= 11 is 0. The number of quaternary nitrogens is 1. The van der Waals surface area contributed by atoms with Crippen molar-refractivity contribution in [2.45, 2.75) is 0 Å². The van der Waals surface area contributed by atoms with Crippen molar-refractivity contribution in [2.75, 3.05) is 34.3 Å². The predicted octanol–water partition coefficient (Wildman–Crippen LogP) is -1.52. The van der Waals surface area contributed by atoms with Crippen molar-refractivity contribution in [1.82, 2.24) is 0 Å². The summed E-state index contributed by atoms with van der Waals surface area (Å²) in [5.41, 5.74) is 0. The molecule has 15 heavy (non-hydrogen) atoms. The van der Waals surface area contributed by atoms with Crippen LogP contribution in [0, 0.1) is 0 Å². The largest absolute Gasteiger partial charge is 1.00 e. The molecule has 0 spiro atoms. The number of phenols is 1. The van der Waals surface area contributed by atoms with E-state index in [0.717, 1.165) is 16.8 Å². The first-order chi connectivity index (χ1) is 6.47. The average Bonchev–Trinajstić information content (AvgIpc) is 2.06. The van der Waals surface area contributed by atoms with E-state index in [1.165, 1.54) is 0 Å². The standard InChI is InChI=1S/C11H17NO2.BrH/c1-12(2,3)8-9-14-11-6-4-10(13)5-7-11;/h4-7H,8-9H2,1-3H3;1H. The Hall–Kier alpha value is -0.740. The van der Waals surface area contributed by atoms with Gasteiger partial charge in [0.15, 0.2) is 0 Å². The van der Waals surface area contributed by atoms with Gasteiger partial charge in [0, 0.05) is 0 Å². The van der Waals surface area contributed by atoms with Crippen LogP contribution in [-0.4, -0.2) is 43.9 Å². The molecule has 1 N–H and O–H groups in total. The van der Waals surface area contributed by atoms with Crippen molar-refractivity contribution in [3.63, 3.8) is 0 Å². The van der Waals surface area contributed by atoms with Crippen molar-refractivity contribution in [1.29, 1.82) is 0 Å². The number of hydrogen-bond donors (Lipinski definition) is 1. The van der Waals surface area contributed by atoms with E-state index in [0.29, 0.717) is 6.61 Å². The number of rotatable bonds is 4. The highest BCUT2D eigenvalue weighted by Gasteiger charge is 2.06. The molecule has 0 heterocycles. The summed E-state index contributed by atoms with van der Waals surface area (Å²) in [6, 6.07) is 6.79. The molecule has 86 valence electrons. The summed E-state index contributed by atoms with van der Waals surface area (Å²) in [4.78, 5) is 0. The number of halogens is 1. The average molecular weight is 276 g/mol. The van der Waals surface area contributed by atoms with Crippen LogP contribution in [0.2, 0.25) is 0 Å². The second kappa shape index (κ2) is 5.98. The Bertz CT molecular complexity index is 280. The predicted molar refractivity (Wildman–Crippen MR) is 56.5 cm³/mol. The van der Waals surface area contributed by atoms with Crippen LogP contribution in [0.25, 0.3) is 0 Å². The van der Waals surface area contributed by atoms with Gasteiger partial charge in [0.05, 0.1) is 21.1 Å². The fraction of sp³-hybridized carbons (Fsp3) is 0.455. The van der Waals surface area contributed by atoms with E-state index in [-0.39, 0.29) is 22.7 Å². The Morgan fingerprint density at radius 3 is 2.13 bits per heavy atom. The van der Waals surface area contributed by atoms with Gasteiger partial charge in [-0.05, 0) is 24.3 Å². The second-order valence-corrected chi connectivity index (χ2v) is 4.36. The third-order valence-electron chi connectivity index (χ3n) is 1.87. The lowest BCUT2D eigenvalue weighted by atomic mass is 10.3. The minimum absolute atomic E-state index is 0. The van der Waals surface area contributed by atoms with E-state index in [1.54, 1.807) is 24.3 Å². The Morgan fingerprint density at radius 1 is 1.13 bits per heavy atom. The summed E-state index contributed by atoms with van der Waals surface area (Å²) in [7, 11) is 6.38. The van der Waals surface area contributed by atoms with E-state index >= 15 is 0 Å². The number of ether oxygens (including phenoxy) is 1. The quantitative estimate of drug-likeness (QED) is 0.677. The maximum atomic E-state index is 9.05. The van der Waals surface area contributed by atoms with E-state index in [9.17, 15) is 0 Å². The number of nitrogens with zero attached hydrogens (tertiary/aromatic N) is 1. The Labute approximate surface area is 102 Å². The first-order valence-electron chi connectivity index (χ1n) is 4.70. The van der Waals surface area contributed by atoms with Gasteiger partial charge in [-0.1, -0.05) is 0 Å². The smallest absolute Gasteiger partial charge is 0.137 e. The van der Waals surface area contributed by atoms with Crippen LogP contribution in [0.4, 0.5) is 0 Å². The van der Waals surface area contributed by atoms with Crippen molar-refractivity contribution in [3.8, 4) is 11.5 Å². The minimum atomic E-state index is 0. The molecular weight excluding hydrogens is 258 g/mol. The van der Waals surface area contributed by atoms with Gasteiger partial charge in [0.2, 0.25) is 0 Å². The van der Waals surface area contributed by atoms with Gasteiger partial charge in [0.1, 0.15) is 24.7 Å². The first-order valence-corrected chi connectivity index (χ1v) is 4.70. The van der Waals surface area contributed by atoms with Gasteiger partial charge in [-0.2, -0.15) is 0 Å². The molecule has 0 unspecified atom stereocenters. The molecule has 1 aromatic rings. The van der Waals surface area contributed by atoms with E-state index in [4.69, 9.17) is 9.84 Å².